The summed E-state index contributed by atoms with van der Waals surface area (Å²) in [4.78, 5) is 21.8. The van der Waals surface area contributed by atoms with E-state index in [1.807, 2.05) is 66.7 Å². The second kappa shape index (κ2) is 12.1. The quantitative estimate of drug-likeness (QED) is 0.192. The molecule has 0 radical (unpaired) electrons. The zero-order chi connectivity index (χ0) is 27.2. The predicted molar refractivity (Wildman–Crippen MR) is 155 cm³/mol. The number of hydrogen-bond acceptors (Lipinski definition) is 7. The maximum absolute atomic E-state index is 12.6. The van der Waals surface area contributed by atoms with Crippen LogP contribution in [0.4, 0.5) is 5.69 Å². The molecular formula is C30H30ClN5O3. The van der Waals surface area contributed by atoms with Crippen LogP contribution in [0.15, 0.2) is 77.9 Å². The molecule has 0 spiro atoms. The van der Waals surface area contributed by atoms with Crippen LogP contribution in [-0.4, -0.2) is 62.4 Å². The van der Waals surface area contributed by atoms with Crippen molar-refractivity contribution in [3.05, 3.63) is 94.6 Å². The molecule has 0 aliphatic carbocycles. The lowest BCUT2D eigenvalue weighted by Gasteiger charge is -2.36. The van der Waals surface area contributed by atoms with Crippen molar-refractivity contribution in [2.45, 2.75) is 6.54 Å². The molecule has 1 aromatic heterocycles. The number of ether oxygens (including phenoxy) is 2. The summed E-state index contributed by atoms with van der Waals surface area (Å²) in [7, 11) is 3.31. The van der Waals surface area contributed by atoms with Crippen molar-refractivity contribution < 1.29 is 14.3 Å². The van der Waals surface area contributed by atoms with Gasteiger partial charge in [-0.1, -0.05) is 35.9 Å². The SMILES string of the molecule is COc1ccc2cc(/C=N\NC(=O)c3ccc(CN4CCN(c5ccccc5OC)CC4)cc3)c(Cl)nc2c1. The van der Waals surface area contributed by atoms with E-state index >= 15 is 0 Å². The molecule has 1 aliphatic heterocycles. The minimum Gasteiger partial charge on any atom is -0.497 e. The number of halogens is 1. The monoisotopic (exact) mass is 543 g/mol. The summed E-state index contributed by atoms with van der Waals surface area (Å²) in [6.45, 7) is 4.61. The van der Waals surface area contributed by atoms with Crippen LogP contribution >= 0.6 is 11.6 Å². The van der Waals surface area contributed by atoms with Crippen molar-refractivity contribution in [3.8, 4) is 11.5 Å². The molecule has 0 bridgehead atoms. The fourth-order valence-corrected chi connectivity index (χ4v) is 4.83. The van der Waals surface area contributed by atoms with Crippen LogP contribution in [0, 0.1) is 0 Å². The molecule has 1 aliphatic rings. The summed E-state index contributed by atoms with van der Waals surface area (Å²) in [6.07, 6.45) is 1.50. The van der Waals surface area contributed by atoms with Gasteiger partial charge in [0.2, 0.25) is 0 Å². The van der Waals surface area contributed by atoms with Gasteiger partial charge in [-0.3, -0.25) is 9.69 Å². The summed E-state index contributed by atoms with van der Waals surface area (Å²) in [5.74, 6) is 1.32. The average molecular weight is 544 g/mol. The second-order valence-electron chi connectivity index (χ2n) is 9.26. The van der Waals surface area contributed by atoms with Gasteiger partial charge in [-0.05, 0) is 48.0 Å². The van der Waals surface area contributed by atoms with Gasteiger partial charge in [-0.2, -0.15) is 5.10 Å². The van der Waals surface area contributed by atoms with E-state index in [9.17, 15) is 4.79 Å². The first kappa shape index (κ1) is 26.5. The molecule has 1 N–H and O–H groups in total. The molecule has 3 aromatic carbocycles. The number of carbonyl (C=O) groups is 1. The molecule has 1 saturated heterocycles. The lowest BCUT2D eigenvalue weighted by atomic mass is 10.1. The number of methoxy groups -OCH3 is 2. The van der Waals surface area contributed by atoms with Crippen LogP contribution in [-0.2, 0) is 6.54 Å². The van der Waals surface area contributed by atoms with Gasteiger partial charge in [-0.15, -0.1) is 0 Å². The lowest BCUT2D eigenvalue weighted by Crippen LogP contribution is -2.46. The van der Waals surface area contributed by atoms with Crippen LogP contribution in [0.2, 0.25) is 5.15 Å². The number of carbonyl (C=O) groups excluding carboxylic acids is 1. The Morgan fingerprint density at radius 2 is 1.77 bits per heavy atom. The van der Waals surface area contributed by atoms with E-state index in [2.05, 4.69) is 31.4 Å². The van der Waals surface area contributed by atoms with Gasteiger partial charge in [0.1, 0.15) is 16.7 Å². The number of amides is 1. The highest BCUT2D eigenvalue weighted by atomic mass is 35.5. The standard InChI is InChI=1S/C30H30ClN5O3/c1-38-25-12-11-23-17-24(29(31)33-26(23)18-25)19-32-34-30(37)22-9-7-21(8-10-22)20-35-13-15-36(16-14-35)27-5-3-4-6-28(27)39-2/h3-12,17-19H,13-16,20H2,1-2H3,(H,34,37)/b32-19-. The fourth-order valence-electron chi connectivity index (χ4n) is 4.64. The summed E-state index contributed by atoms with van der Waals surface area (Å²) < 4.78 is 10.7. The number of piperazine rings is 1. The minimum atomic E-state index is -0.294. The molecular weight excluding hydrogens is 514 g/mol. The number of pyridine rings is 1. The van der Waals surface area contributed by atoms with Crippen LogP contribution in [0.1, 0.15) is 21.5 Å². The molecule has 2 heterocycles. The number of fused-ring (bicyclic) bond motifs is 1. The van der Waals surface area contributed by atoms with Gasteiger partial charge in [0.15, 0.2) is 0 Å². The molecule has 1 amide bonds. The Hall–Kier alpha value is -4.14. The van der Waals surface area contributed by atoms with E-state index in [0.717, 1.165) is 60.6 Å². The highest BCUT2D eigenvalue weighted by molar-refractivity contribution is 6.32. The van der Waals surface area contributed by atoms with Crippen molar-refractivity contribution in [1.82, 2.24) is 15.3 Å². The van der Waals surface area contributed by atoms with E-state index < -0.39 is 0 Å². The van der Waals surface area contributed by atoms with Crippen LogP contribution in [0.3, 0.4) is 0 Å². The zero-order valence-electron chi connectivity index (χ0n) is 21.9. The molecule has 5 rings (SSSR count). The van der Waals surface area contributed by atoms with E-state index in [1.165, 1.54) is 6.21 Å². The molecule has 0 unspecified atom stereocenters. The first-order valence-electron chi connectivity index (χ1n) is 12.7. The van der Waals surface area contributed by atoms with Crippen LogP contribution in [0.5, 0.6) is 11.5 Å². The number of hydrazone groups is 1. The highest BCUT2D eigenvalue weighted by Gasteiger charge is 2.19. The normalized spacial score (nSPS) is 14.1. The van der Waals surface area contributed by atoms with Gasteiger partial charge < -0.3 is 14.4 Å². The number of nitrogens with zero attached hydrogens (tertiary/aromatic N) is 4. The zero-order valence-corrected chi connectivity index (χ0v) is 22.7. The maximum atomic E-state index is 12.6. The molecule has 0 atom stereocenters. The number of aromatic nitrogens is 1. The lowest BCUT2D eigenvalue weighted by molar-refractivity contribution is 0.0955. The van der Waals surface area contributed by atoms with Gasteiger partial charge in [0.05, 0.1) is 31.6 Å². The Bertz CT molecular complexity index is 1480. The van der Waals surface area contributed by atoms with Gasteiger partial charge in [0.25, 0.3) is 5.91 Å². The number of benzene rings is 3. The Kier molecular flexibility index (Phi) is 8.24. The molecule has 200 valence electrons. The van der Waals surface area contributed by atoms with E-state index in [0.29, 0.717) is 22.0 Å². The number of para-hydroxylation sites is 2. The molecule has 1 fully saturated rings. The van der Waals surface area contributed by atoms with E-state index in [1.54, 1.807) is 14.2 Å². The number of hydrogen-bond donors (Lipinski definition) is 1. The largest absolute Gasteiger partial charge is 0.497 e. The summed E-state index contributed by atoms with van der Waals surface area (Å²) >= 11 is 6.31. The number of anilines is 1. The topological polar surface area (TPSA) is 79.3 Å². The van der Waals surface area contributed by atoms with Crippen molar-refractivity contribution in [3.63, 3.8) is 0 Å². The summed E-state index contributed by atoms with van der Waals surface area (Å²) in [5, 5.41) is 5.27. The Balaban J connectivity index is 1.14. The first-order chi connectivity index (χ1) is 19.0. The minimum absolute atomic E-state index is 0.293. The Morgan fingerprint density at radius 3 is 2.51 bits per heavy atom. The first-order valence-corrected chi connectivity index (χ1v) is 13.1. The molecule has 9 heteroatoms. The molecule has 39 heavy (non-hydrogen) atoms. The Morgan fingerprint density at radius 1 is 1.00 bits per heavy atom. The highest BCUT2D eigenvalue weighted by Crippen LogP contribution is 2.28. The Labute approximate surface area is 232 Å². The third-order valence-electron chi connectivity index (χ3n) is 6.80. The maximum Gasteiger partial charge on any atom is 0.271 e. The van der Waals surface area contributed by atoms with Gasteiger partial charge in [-0.25, -0.2) is 10.4 Å². The van der Waals surface area contributed by atoms with Gasteiger partial charge >= 0.3 is 0 Å². The molecule has 0 saturated carbocycles. The third-order valence-corrected chi connectivity index (χ3v) is 7.10. The average Bonchev–Trinajstić information content (AvgIpc) is 2.98. The van der Waals surface area contributed by atoms with Crippen LogP contribution in [0.25, 0.3) is 10.9 Å². The van der Waals surface area contributed by atoms with E-state index in [-0.39, 0.29) is 5.91 Å². The van der Waals surface area contributed by atoms with E-state index in [4.69, 9.17) is 21.1 Å². The van der Waals surface area contributed by atoms with Crippen molar-refractivity contribution >= 4 is 40.3 Å². The van der Waals surface area contributed by atoms with Crippen molar-refractivity contribution in [2.75, 3.05) is 45.3 Å². The molecule has 4 aromatic rings. The summed E-state index contributed by atoms with van der Waals surface area (Å²) in [6, 6.07) is 23.2. The molecule has 8 nitrogen and oxygen atoms in total. The van der Waals surface area contributed by atoms with Gasteiger partial charge in [0, 0.05) is 55.3 Å². The van der Waals surface area contributed by atoms with Crippen molar-refractivity contribution in [1.29, 1.82) is 0 Å². The smallest absolute Gasteiger partial charge is 0.271 e. The van der Waals surface area contributed by atoms with Crippen molar-refractivity contribution in [2.24, 2.45) is 5.10 Å². The summed E-state index contributed by atoms with van der Waals surface area (Å²) in [5.41, 5.74) is 6.73. The van der Waals surface area contributed by atoms with Crippen LogP contribution < -0.4 is 19.8 Å². The third kappa shape index (κ3) is 6.30. The predicted octanol–water partition coefficient (Wildman–Crippen LogP) is 4.99. The number of rotatable bonds is 8. The second-order valence-corrected chi connectivity index (χ2v) is 9.62. The number of nitrogens with one attached hydrogen (secondary N) is 1. The fraction of sp³-hybridized carbons (Fsp3) is 0.233.